The summed E-state index contributed by atoms with van der Waals surface area (Å²) in [4.78, 5) is 27.7. The molecule has 0 aliphatic carbocycles. The number of amides is 2. The van der Waals surface area contributed by atoms with Crippen molar-refractivity contribution in [2.45, 2.75) is 57.8 Å². The van der Waals surface area contributed by atoms with E-state index in [2.05, 4.69) is 10.2 Å². The number of aromatic nitrogens is 3. The Hall–Kier alpha value is -2.13. The first kappa shape index (κ1) is 18.7. The molecule has 2 amide bonds. The van der Waals surface area contributed by atoms with Crippen LogP contribution in [-0.4, -0.2) is 56.0 Å². The topological polar surface area (TPSA) is 71.3 Å². The Balaban J connectivity index is 1.47. The van der Waals surface area contributed by atoms with Gasteiger partial charge in [0.25, 0.3) is 0 Å². The van der Waals surface area contributed by atoms with Crippen LogP contribution in [-0.2, 0) is 28.9 Å². The summed E-state index contributed by atoms with van der Waals surface area (Å²) in [5.74, 6) is -0.974. The molecule has 0 unspecified atom stereocenters. The molecule has 3 heterocycles. The van der Waals surface area contributed by atoms with Gasteiger partial charge in [0.15, 0.2) is 5.82 Å². The molecule has 26 heavy (non-hydrogen) atoms. The highest BCUT2D eigenvalue weighted by atomic mass is 19.4. The first-order valence-electron chi connectivity index (χ1n) is 8.91. The van der Waals surface area contributed by atoms with Gasteiger partial charge in [0.05, 0.1) is 6.54 Å². The summed E-state index contributed by atoms with van der Waals surface area (Å²) in [6.45, 7) is 1.80. The molecule has 2 aliphatic rings. The van der Waals surface area contributed by atoms with Gasteiger partial charge in [-0.05, 0) is 25.7 Å². The van der Waals surface area contributed by atoms with Gasteiger partial charge in [0, 0.05) is 39.0 Å². The van der Waals surface area contributed by atoms with Crippen molar-refractivity contribution in [3.63, 3.8) is 0 Å². The van der Waals surface area contributed by atoms with Gasteiger partial charge in [-0.2, -0.15) is 13.2 Å². The molecule has 0 N–H and O–H groups in total. The zero-order chi connectivity index (χ0) is 18.7. The smallest absolute Gasteiger partial charge is 0.343 e. The van der Waals surface area contributed by atoms with Crippen LogP contribution in [0.25, 0.3) is 0 Å². The van der Waals surface area contributed by atoms with Crippen LogP contribution in [0.4, 0.5) is 13.2 Å². The van der Waals surface area contributed by atoms with Gasteiger partial charge in [0.1, 0.15) is 0 Å². The lowest BCUT2D eigenvalue weighted by molar-refractivity contribution is -0.148. The van der Waals surface area contributed by atoms with E-state index in [4.69, 9.17) is 0 Å². The molecule has 0 aromatic carbocycles. The molecule has 7 nitrogen and oxygen atoms in total. The van der Waals surface area contributed by atoms with Gasteiger partial charge >= 0.3 is 6.18 Å². The van der Waals surface area contributed by atoms with E-state index >= 15 is 0 Å². The van der Waals surface area contributed by atoms with E-state index < -0.39 is 12.0 Å². The number of nitrogens with zero attached hydrogens (tertiary/aromatic N) is 5. The highest BCUT2D eigenvalue weighted by molar-refractivity contribution is 5.79. The first-order chi connectivity index (χ1) is 12.4. The van der Waals surface area contributed by atoms with E-state index in [1.807, 2.05) is 4.90 Å². The number of halogens is 3. The number of carbonyl (C=O) groups excluding carboxylic acids is 2. The van der Waals surface area contributed by atoms with Crippen molar-refractivity contribution >= 4 is 11.8 Å². The maximum Gasteiger partial charge on any atom is 0.451 e. The Labute approximate surface area is 149 Å². The van der Waals surface area contributed by atoms with Crippen LogP contribution in [0.1, 0.15) is 50.2 Å². The average Bonchev–Trinajstić information content (AvgIpc) is 3.05. The fraction of sp³-hybridized carbons (Fsp3) is 0.750. The van der Waals surface area contributed by atoms with E-state index in [0.29, 0.717) is 12.8 Å². The van der Waals surface area contributed by atoms with Crippen LogP contribution in [0.3, 0.4) is 0 Å². The predicted molar refractivity (Wildman–Crippen MR) is 84.7 cm³/mol. The van der Waals surface area contributed by atoms with Crippen molar-refractivity contribution in [1.82, 2.24) is 24.6 Å². The Morgan fingerprint density at radius 1 is 0.885 bits per heavy atom. The Bertz CT molecular complexity index is 667. The molecule has 0 saturated carbocycles. The molecule has 0 radical (unpaired) electrons. The number of carbonyl (C=O) groups is 2. The minimum Gasteiger partial charge on any atom is -0.343 e. The summed E-state index contributed by atoms with van der Waals surface area (Å²) >= 11 is 0. The van der Waals surface area contributed by atoms with Crippen molar-refractivity contribution in [3.8, 4) is 0 Å². The summed E-state index contributed by atoms with van der Waals surface area (Å²) in [5.41, 5.74) is 0. The summed E-state index contributed by atoms with van der Waals surface area (Å²) in [6, 6.07) is 0. The third-order valence-corrected chi connectivity index (χ3v) is 4.85. The molecule has 2 aliphatic heterocycles. The van der Waals surface area contributed by atoms with Gasteiger partial charge in [-0.3, -0.25) is 9.59 Å². The summed E-state index contributed by atoms with van der Waals surface area (Å²) in [5, 5.41) is 6.76. The highest BCUT2D eigenvalue weighted by Gasteiger charge is 2.39. The van der Waals surface area contributed by atoms with Gasteiger partial charge in [-0.15, -0.1) is 10.2 Å². The maximum atomic E-state index is 12.8. The lowest BCUT2D eigenvalue weighted by atomic mass is 10.1. The number of piperidine rings is 1. The van der Waals surface area contributed by atoms with Gasteiger partial charge in [-0.25, -0.2) is 0 Å². The van der Waals surface area contributed by atoms with Crippen LogP contribution < -0.4 is 0 Å². The minimum absolute atomic E-state index is 0.0159. The fourth-order valence-electron chi connectivity index (χ4n) is 3.43. The number of rotatable bonds is 4. The zero-order valence-electron chi connectivity index (χ0n) is 14.5. The maximum absolute atomic E-state index is 12.8. The third kappa shape index (κ3) is 4.16. The molecule has 1 saturated heterocycles. The van der Waals surface area contributed by atoms with Crippen LogP contribution in [0.15, 0.2) is 0 Å². The van der Waals surface area contributed by atoms with E-state index in [1.165, 1.54) is 4.90 Å². The second-order valence-corrected chi connectivity index (χ2v) is 6.70. The molecule has 0 spiro atoms. The van der Waals surface area contributed by atoms with E-state index in [0.717, 1.165) is 36.9 Å². The fourth-order valence-corrected chi connectivity index (χ4v) is 3.43. The minimum atomic E-state index is -4.55. The third-order valence-electron chi connectivity index (χ3n) is 4.85. The quantitative estimate of drug-likeness (QED) is 0.807. The number of hydrogen-bond acceptors (Lipinski definition) is 4. The van der Waals surface area contributed by atoms with Crippen molar-refractivity contribution in [3.05, 3.63) is 11.6 Å². The van der Waals surface area contributed by atoms with Crippen LogP contribution in [0, 0.1) is 0 Å². The Morgan fingerprint density at radius 3 is 2.19 bits per heavy atom. The Morgan fingerprint density at radius 2 is 1.54 bits per heavy atom. The molecule has 3 rings (SSSR count). The van der Waals surface area contributed by atoms with Crippen molar-refractivity contribution in [1.29, 1.82) is 0 Å². The molecule has 10 heteroatoms. The molecule has 1 aromatic rings. The predicted octanol–water partition coefficient (Wildman–Crippen LogP) is 1.82. The lowest BCUT2D eigenvalue weighted by Gasteiger charge is -2.28. The molecule has 0 atom stereocenters. The molecule has 1 aromatic heterocycles. The lowest BCUT2D eigenvalue weighted by Crippen LogP contribution is -2.39. The second kappa shape index (κ2) is 7.63. The normalized spacial score (nSPS) is 18.0. The molecular weight excluding hydrogens is 351 g/mol. The van der Waals surface area contributed by atoms with Gasteiger partial charge in [0.2, 0.25) is 17.6 Å². The van der Waals surface area contributed by atoms with Crippen molar-refractivity contribution in [2.24, 2.45) is 0 Å². The number of alkyl halides is 3. The van der Waals surface area contributed by atoms with Gasteiger partial charge < -0.3 is 14.4 Å². The van der Waals surface area contributed by atoms with Crippen molar-refractivity contribution < 1.29 is 22.8 Å². The average molecular weight is 373 g/mol. The second-order valence-electron chi connectivity index (χ2n) is 6.70. The highest BCUT2D eigenvalue weighted by Crippen LogP contribution is 2.29. The first-order valence-corrected chi connectivity index (χ1v) is 8.91. The molecule has 1 fully saturated rings. The summed E-state index contributed by atoms with van der Waals surface area (Å²) in [7, 11) is 0. The van der Waals surface area contributed by atoms with Crippen molar-refractivity contribution in [2.75, 3.05) is 19.6 Å². The van der Waals surface area contributed by atoms with Crippen LogP contribution in [0.5, 0.6) is 0 Å². The standard InChI is InChI=1S/C16H22F3N5O2/c17-16(18,19)15-21-20-12-11-23(9-10-24(12)15)14(26)6-4-5-13(25)22-7-2-1-3-8-22/h1-11H2. The molecule has 144 valence electrons. The van der Waals surface area contributed by atoms with Gasteiger partial charge in [-0.1, -0.05) is 0 Å². The summed E-state index contributed by atoms with van der Waals surface area (Å²) < 4.78 is 39.5. The number of likely N-dealkylation sites (tertiary alicyclic amines) is 1. The monoisotopic (exact) mass is 373 g/mol. The molecular formula is C16H22F3N5O2. The zero-order valence-corrected chi connectivity index (χ0v) is 14.5. The van der Waals surface area contributed by atoms with E-state index in [-0.39, 0.29) is 43.7 Å². The number of hydrogen-bond donors (Lipinski definition) is 0. The van der Waals surface area contributed by atoms with E-state index in [9.17, 15) is 22.8 Å². The Kier molecular flexibility index (Phi) is 5.47. The van der Waals surface area contributed by atoms with Crippen LogP contribution >= 0.6 is 0 Å². The molecule has 0 bridgehead atoms. The number of fused-ring (bicyclic) bond motifs is 1. The van der Waals surface area contributed by atoms with E-state index in [1.54, 1.807) is 0 Å². The summed E-state index contributed by atoms with van der Waals surface area (Å²) in [6.07, 6.45) is -0.360. The SMILES string of the molecule is O=C(CCCC(=O)N1CCn2c(nnc2C(F)(F)F)C1)N1CCCCC1. The van der Waals surface area contributed by atoms with Crippen LogP contribution in [0.2, 0.25) is 0 Å². The largest absolute Gasteiger partial charge is 0.451 e.